The van der Waals surface area contributed by atoms with Crippen molar-refractivity contribution in [2.45, 2.75) is 51.0 Å². The Bertz CT molecular complexity index is 557. The van der Waals surface area contributed by atoms with Gasteiger partial charge in [-0.3, -0.25) is 9.59 Å². The maximum absolute atomic E-state index is 11.8. The predicted octanol–water partition coefficient (Wildman–Crippen LogP) is 1.54. The molecule has 1 aliphatic heterocycles. The van der Waals surface area contributed by atoms with E-state index in [4.69, 9.17) is 0 Å². The minimum atomic E-state index is -0.567. The van der Waals surface area contributed by atoms with Crippen LogP contribution in [0.3, 0.4) is 0 Å². The van der Waals surface area contributed by atoms with Crippen molar-refractivity contribution < 1.29 is 14.4 Å². The number of nitrogens with one attached hydrogen (secondary N) is 2. The predicted molar refractivity (Wildman–Crippen MR) is 87.9 cm³/mol. The number of aryl methyl sites for hydroxylation is 1. The third-order valence-electron chi connectivity index (χ3n) is 4.02. The zero-order valence-corrected chi connectivity index (χ0v) is 13.3. The van der Waals surface area contributed by atoms with Crippen LogP contribution in [0.25, 0.3) is 0 Å². The molecule has 2 amide bonds. The highest BCUT2D eigenvalue weighted by molar-refractivity contribution is 5.86. The molecule has 1 heterocycles. The summed E-state index contributed by atoms with van der Waals surface area (Å²) in [5.74, 6) is -0.446. The third-order valence-corrected chi connectivity index (χ3v) is 4.02. The standard InChI is InChI=1S/C18H24N2O3/c21-13-16-11-15-8-5-7-14(10-15)6-3-1-2-4-9-17(22)19-12-18(23)20-16/h5,7-8,10,13,16H,1-4,6,9,11-12H2,(H,19,22)(H,20,23)/t16-/m0/s1. The summed E-state index contributed by atoms with van der Waals surface area (Å²) in [7, 11) is 0. The molecule has 5 nitrogen and oxygen atoms in total. The van der Waals surface area contributed by atoms with E-state index in [-0.39, 0.29) is 18.4 Å². The van der Waals surface area contributed by atoms with Gasteiger partial charge in [-0.2, -0.15) is 0 Å². The van der Waals surface area contributed by atoms with E-state index in [0.717, 1.165) is 44.0 Å². The first-order valence-electron chi connectivity index (χ1n) is 8.26. The van der Waals surface area contributed by atoms with Gasteiger partial charge < -0.3 is 15.4 Å². The molecule has 2 N–H and O–H groups in total. The van der Waals surface area contributed by atoms with Gasteiger partial charge in [0.25, 0.3) is 0 Å². The zero-order valence-electron chi connectivity index (χ0n) is 13.3. The molecule has 0 saturated heterocycles. The Morgan fingerprint density at radius 2 is 1.70 bits per heavy atom. The molecule has 1 aromatic carbocycles. The van der Waals surface area contributed by atoms with E-state index in [1.165, 1.54) is 5.56 Å². The van der Waals surface area contributed by atoms with Gasteiger partial charge in [0.15, 0.2) is 0 Å². The van der Waals surface area contributed by atoms with E-state index < -0.39 is 6.04 Å². The Balaban J connectivity index is 2.06. The molecule has 5 heteroatoms. The smallest absolute Gasteiger partial charge is 0.239 e. The molecule has 1 aliphatic rings. The number of rotatable bonds is 1. The molecule has 124 valence electrons. The third kappa shape index (κ3) is 6.22. The van der Waals surface area contributed by atoms with Gasteiger partial charge in [0.2, 0.25) is 11.8 Å². The first kappa shape index (κ1) is 17.2. The van der Waals surface area contributed by atoms with Crippen LogP contribution in [-0.2, 0) is 27.2 Å². The summed E-state index contributed by atoms with van der Waals surface area (Å²) in [4.78, 5) is 34.7. The van der Waals surface area contributed by atoms with E-state index in [9.17, 15) is 14.4 Å². The van der Waals surface area contributed by atoms with E-state index in [0.29, 0.717) is 12.8 Å². The number of benzene rings is 1. The van der Waals surface area contributed by atoms with Gasteiger partial charge in [0.05, 0.1) is 12.6 Å². The van der Waals surface area contributed by atoms with Crippen molar-refractivity contribution in [3.05, 3.63) is 35.4 Å². The fourth-order valence-electron chi connectivity index (χ4n) is 2.79. The summed E-state index contributed by atoms with van der Waals surface area (Å²) in [5, 5.41) is 5.25. The van der Waals surface area contributed by atoms with E-state index in [2.05, 4.69) is 22.8 Å². The van der Waals surface area contributed by atoms with Gasteiger partial charge in [-0.1, -0.05) is 37.1 Å². The van der Waals surface area contributed by atoms with Gasteiger partial charge in [-0.25, -0.2) is 0 Å². The van der Waals surface area contributed by atoms with Crippen LogP contribution in [0.1, 0.15) is 43.2 Å². The lowest BCUT2D eigenvalue weighted by Crippen LogP contribution is -2.43. The number of carbonyl (C=O) groups excluding carboxylic acids is 3. The first-order valence-corrected chi connectivity index (χ1v) is 8.26. The lowest BCUT2D eigenvalue weighted by Gasteiger charge is -2.14. The summed E-state index contributed by atoms with van der Waals surface area (Å²) >= 11 is 0. The molecular formula is C18H24N2O3. The van der Waals surface area contributed by atoms with E-state index >= 15 is 0 Å². The molecule has 0 fully saturated rings. The maximum atomic E-state index is 11.8. The van der Waals surface area contributed by atoms with Gasteiger partial charge >= 0.3 is 0 Å². The molecule has 2 rings (SSSR count). The Kier molecular flexibility index (Phi) is 6.78. The fraction of sp³-hybridized carbons (Fsp3) is 0.500. The molecule has 0 radical (unpaired) electrons. The summed E-state index contributed by atoms with van der Waals surface area (Å²) in [6.07, 6.45) is 6.70. The van der Waals surface area contributed by atoms with Crippen molar-refractivity contribution in [2.75, 3.05) is 6.54 Å². The molecule has 0 spiro atoms. The van der Waals surface area contributed by atoms with Crippen LogP contribution < -0.4 is 10.6 Å². The Morgan fingerprint density at radius 3 is 2.48 bits per heavy atom. The van der Waals surface area contributed by atoms with Crippen LogP contribution in [0.5, 0.6) is 0 Å². The number of hydrogen-bond acceptors (Lipinski definition) is 3. The number of carbonyl (C=O) groups is 3. The van der Waals surface area contributed by atoms with Crippen LogP contribution in [0.2, 0.25) is 0 Å². The van der Waals surface area contributed by atoms with Gasteiger partial charge in [0.1, 0.15) is 6.29 Å². The van der Waals surface area contributed by atoms with Crippen molar-refractivity contribution in [2.24, 2.45) is 0 Å². The molecule has 1 aromatic rings. The highest BCUT2D eigenvalue weighted by atomic mass is 16.2. The monoisotopic (exact) mass is 316 g/mol. The molecular weight excluding hydrogens is 292 g/mol. The van der Waals surface area contributed by atoms with Gasteiger partial charge in [-0.15, -0.1) is 0 Å². The number of aldehydes is 1. The maximum Gasteiger partial charge on any atom is 0.239 e. The average Bonchev–Trinajstić information content (AvgIpc) is 2.55. The van der Waals surface area contributed by atoms with Crippen molar-refractivity contribution in [1.82, 2.24) is 10.6 Å². The number of hydrogen-bond donors (Lipinski definition) is 2. The van der Waals surface area contributed by atoms with Crippen LogP contribution in [-0.4, -0.2) is 30.7 Å². The Morgan fingerprint density at radius 1 is 0.957 bits per heavy atom. The molecule has 0 saturated carbocycles. The fourth-order valence-corrected chi connectivity index (χ4v) is 2.79. The molecule has 2 bridgehead atoms. The van der Waals surface area contributed by atoms with Gasteiger partial charge in [-0.05, 0) is 36.8 Å². The molecule has 23 heavy (non-hydrogen) atoms. The molecule has 0 aliphatic carbocycles. The Hall–Kier alpha value is -2.17. The quantitative estimate of drug-likeness (QED) is 0.772. The number of fused-ring (bicyclic) bond motifs is 2. The summed E-state index contributed by atoms with van der Waals surface area (Å²) in [6, 6.07) is 7.60. The highest BCUT2D eigenvalue weighted by Gasteiger charge is 2.13. The SMILES string of the molecule is O=C[C@@H]1Cc2cccc(c2)CCCCCCC(=O)NCC(=O)N1. The second kappa shape index (κ2) is 9.08. The molecule has 1 atom stereocenters. The summed E-state index contributed by atoms with van der Waals surface area (Å²) < 4.78 is 0. The lowest BCUT2D eigenvalue weighted by molar-refractivity contribution is -0.127. The van der Waals surface area contributed by atoms with Crippen molar-refractivity contribution in [3.63, 3.8) is 0 Å². The molecule has 0 unspecified atom stereocenters. The van der Waals surface area contributed by atoms with Crippen LogP contribution in [0.15, 0.2) is 24.3 Å². The van der Waals surface area contributed by atoms with Crippen LogP contribution >= 0.6 is 0 Å². The number of amides is 2. The largest absolute Gasteiger partial charge is 0.347 e. The van der Waals surface area contributed by atoms with Crippen LogP contribution in [0, 0.1) is 0 Å². The summed E-state index contributed by atoms with van der Waals surface area (Å²) in [6.45, 7) is -0.0801. The molecule has 0 aromatic heterocycles. The topological polar surface area (TPSA) is 75.3 Å². The van der Waals surface area contributed by atoms with Crippen LogP contribution in [0.4, 0.5) is 0 Å². The lowest BCUT2D eigenvalue weighted by atomic mass is 10.00. The van der Waals surface area contributed by atoms with Crippen molar-refractivity contribution >= 4 is 18.1 Å². The van der Waals surface area contributed by atoms with Crippen molar-refractivity contribution in [1.29, 1.82) is 0 Å². The average molecular weight is 316 g/mol. The van der Waals surface area contributed by atoms with E-state index in [1.807, 2.05) is 12.1 Å². The normalized spacial score (nSPS) is 21.1. The van der Waals surface area contributed by atoms with Gasteiger partial charge in [0, 0.05) is 6.42 Å². The highest BCUT2D eigenvalue weighted by Crippen LogP contribution is 2.12. The second-order valence-electron chi connectivity index (χ2n) is 6.03. The zero-order chi connectivity index (χ0) is 16.5. The van der Waals surface area contributed by atoms with Crippen molar-refractivity contribution in [3.8, 4) is 0 Å². The first-order chi connectivity index (χ1) is 11.2. The minimum Gasteiger partial charge on any atom is -0.347 e. The summed E-state index contributed by atoms with van der Waals surface area (Å²) in [5.41, 5.74) is 2.29. The Labute approximate surface area is 136 Å². The second-order valence-corrected chi connectivity index (χ2v) is 6.03. The van der Waals surface area contributed by atoms with E-state index in [1.54, 1.807) is 0 Å². The minimum absolute atomic E-state index is 0.0801.